The molecular formula is C19H25N5O3. The fourth-order valence-electron chi connectivity index (χ4n) is 3.61. The molecule has 8 nitrogen and oxygen atoms in total. The Morgan fingerprint density at radius 3 is 2.89 bits per heavy atom. The maximum atomic E-state index is 12.8. The third-order valence-corrected chi connectivity index (χ3v) is 5.28. The van der Waals surface area contributed by atoms with Gasteiger partial charge in [0.1, 0.15) is 24.5 Å². The molecule has 144 valence electrons. The molecule has 0 aliphatic carbocycles. The van der Waals surface area contributed by atoms with Gasteiger partial charge in [-0.05, 0) is 25.1 Å². The van der Waals surface area contributed by atoms with E-state index < -0.39 is 0 Å². The molecule has 2 aromatic rings. The van der Waals surface area contributed by atoms with Gasteiger partial charge in [0.25, 0.3) is 5.91 Å². The molecular weight excluding hydrogens is 346 g/mol. The van der Waals surface area contributed by atoms with Crippen LogP contribution in [-0.4, -0.2) is 71.6 Å². The number of ether oxygens (including phenoxy) is 2. The third kappa shape index (κ3) is 3.49. The molecule has 1 atom stereocenters. The number of likely N-dealkylation sites (N-methyl/N-ethyl adjacent to an activating group) is 1. The summed E-state index contributed by atoms with van der Waals surface area (Å²) in [5, 5.41) is 4.24. The first-order chi connectivity index (χ1) is 13.2. The SMILES string of the molecule is CCn1ncnc1C[C@@H]1COc2ccc(C(=O)N3CCOCC3)cc2N1C. The van der Waals surface area contributed by atoms with Crippen molar-refractivity contribution in [1.29, 1.82) is 0 Å². The first-order valence-electron chi connectivity index (χ1n) is 9.40. The topological polar surface area (TPSA) is 72.7 Å². The van der Waals surface area contributed by atoms with Gasteiger partial charge in [-0.3, -0.25) is 9.48 Å². The van der Waals surface area contributed by atoms with E-state index in [0.717, 1.165) is 30.2 Å². The molecule has 0 saturated carbocycles. The van der Waals surface area contributed by atoms with E-state index in [0.29, 0.717) is 38.5 Å². The Bertz CT molecular complexity index is 815. The molecule has 1 aromatic heterocycles. The minimum Gasteiger partial charge on any atom is -0.489 e. The number of fused-ring (bicyclic) bond motifs is 1. The van der Waals surface area contributed by atoms with Gasteiger partial charge in [-0.25, -0.2) is 4.98 Å². The van der Waals surface area contributed by atoms with Crippen LogP contribution in [0.1, 0.15) is 23.1 Å². The number of rotatable bonds is 4. The number of benzene rings is 1. The molecule has 2 aliphatic heterocycles. The summed E-state index contributed by atoms with van der Waals surface area (Å²) in [5.74, 6) is 1.80. The van der Waals surface area contributed by atoms with Crippen LogP contribution >= 0.6 is 0 Å². The summed E-state index contributed by atoms with van der Waals surface area (Å²) < 4.78 is 13.2. The molecule has 4 rings (SSSR count). The molecule has 27 heavy (non-hydrogen) atoms. The summed E-state index contributed by atoms with van der Waals surface area (Å²) in [5.41, 5.74) is 1.62. The Morgan fingerprint density at radius 1 is 1.30 bits per heavy atom. The highest BCUT2D eigenvalue weighted by atomic mass is 16.5. The third-order valence-electron chi connectivity index (χ3n) is 5.28. The van der Waals surface area contributed by atoms with E-state index in [1.165, 1.54) is 0 Å². The Balaban J connectivity index is 1.54. The number of hydrogen-bond acceptors (Lipinski definition) is 6. The van der Waals surface area contributed by atoms with Crippen LogP contribution in [0, 0.1) is 0 Å². The summed E-state index contributed by atoms with van der Waals surface area (Å²) in [6.07, 6.45) is 2.33. The van der Waals surface area contributed by atoms with Gasteiger partial charge in [-0.1, -0.05) is 0 Å². The molecule has 1 saturated heterocycles. The van der Waals surface area contributed by atoms with Gasteiger partial charge in [0.2, 0.25) is 0 Å². The molecule has 1 amide bonds. The lowest BCUT2D eigenvalue weighted by Crippen LogP contribution is -2.43. The molecule has 0 unspecified atom stereocenters. The fourth-order valence-corrected chi connectivity index (χ4v) is 3.61. The van der Waals surface area contributed by atoms with Crippen molar-refractivity contribution < 1.29 is 14.3 Å². The zero-order valence-corrected chi connectivity index (χ0v) is 15.8. The lowest BCUT2D eigenvalue weighted by Gasteiger charge is -2.36. The minimum atomic E-state index is 0.0438. The number of carbonyl (C=O) groups excluding carboxylic acids is 1. The zero-order valence-electron chi connectivity index (χ0n) is 15.8. The number of aryl methyl sites for hydroxylation is 1. The fraction of sp³-hybridized carbons (Fsp3) is 0.526. The van der Waals surface area contributed by atoms with Crippen LogP contribution in [0.2, 0.25) is 0 Å². The lowest BCUT2D eigenvalue weighted by atomic mass is 10.1. The van der Waals surface area contributed by atoms with Gasteiger partial charge in [0.05, 0.1) is 24.9 Å². The standard InChI is InChI=1S/C19H25N5O3/c1-3-24-18(20-13-21-24)11-15-12-27-17-5-4-14(10-16(17)22(15)2)19(25)23-6-8-26-9-7-23/h4-5,10,13,15H,3,6-9,11-12H2,1-2H3/t15-/m1/s1. The normalized spacial score (nSPS) is 19.6. The molecule has 2 aliphatic rings. The van der Waals surface area contributed by atoms with Crippen LogP contribution in [0.5, 0.6) is 5.75 Å². The van der Waals surface area contributed by atoms with Gasteiger partial charge in [-0.2, -0.15) is 5.10 Å². The average molecular weight is 371 g/mol. The summed E-state index contributed by atoms with van der Waals surface area (Å²) in [7, 11) is 2.04. The van der Waals surface area contributed by atoms with E-state index in [9.17, 15) is 4.79 Å². The van der Waals surface area contributed by atoms with Crippen LogP contribution in [0.4, 0.5) is 5.69 Å². The number of anilines is 1. The van der Waals surface area contributed by atoms with E-state index in [2.05, 4.69) is 21.9 Å². The second-order valence-corrected chi connectivity index (χ2v) is 6.86. The smallest absolute Gasteiger partial charge is 0.254 e. The highest BCUT2D eigenvalue weighted by Gasteiger charge is 2.28. The molecule has 0 spiro atoms. The minimum absolute atomic E-state index is 0.0438. The van der Waals surface area contributed by atoms with Gasteiger partial charge in [0, 0.05) is 38.7 Å². The monoisotopic (exact) mass is 371 g/mol. The second-order valence-electron chi connectivity index (χ2n) is 6.86. The Labute approximate surface area is 158 Å². The van der Waals surface area contributed by atoms with Crippen LogP contribution in [0.25, 0.3) is 0 Å². The summed E-state index contributed by atoms with van der Waals surface area (Å²) in [4.78, 5) is 21.2. The number of aromatic nitrogens is 3. The van der Waals surface area contributed by atoms with Gasteiger partial charge in [-0.15, -0.1) is 0 Å². The first kappa shape index (κ1) is 17.8. The van der Waals surface area contributed by atoms with Crippen molar-refractivity contribution in [2.24, 2.45) is 0 Å². The van der Waals surface area contributed by atoms with Crippen LogP contribution in [0.3, 0.4) is 0 Å². The highest BCUT2D eigenvalue weighted by Crippen LogP contribution is 2.34. The van der Waals surface area contributed by atoms with E-state index in [4.69, 9.17) is 9.47 Å². The number of nitrogens with zero attached hydrogens (tertiary/aromatic N) is 5. The molecule has 8 heteroatoms. The van der Waals surface area contributed by atoms with Gasteiger partial charge >= 0.3 is 0 Å². The number of hydrogen-bond donors (Lipinski definition) is 0. The predicted molar refractivity (Wildman–Crippen MR) is 100 cm³/mol. The van der Waals surface area contributed by atoms with Crippen molar-refractivity contribution in [2.75, 3.05) is 44.9 Å². The Kier molecular flexibility index (Phi) is 4.98. The quantitative estimate of drug-likeness (QED) is 0.804. The van der Waals surface area contributed by atoms with Gasteiger partial charge in [0.15, 0.2) is 0 Å². The van der Waals surface area contributed by atoms with Crippen molar-refractivity contribution in [2.45, 2.75) is 25.9 Å². The highest BCUT2D eigenvalue weighted by molar-refractivity contribution is 5.95. The predicted octanol–water partition coefficient (Wildman–Crippen LogP) is 1.21. The first-order valence-corrected chi connectivity index (χ1v) is 9.40. The zero-order chi connectivity index (χ0) is 18.8. The van der Waals surface area contributed by atoms with E-state index in [-0.39, 0.29) is 11.9 Å². The van der Waals surface area contributed by atoms with Crippen molar-refractivity contribution in [3.8, 4) is 5.75 Å². The largest absolute Gasteiger partial charge is 0.489 e. The molecule has 0 radical (unpaired) electrons. The molecule has 3 heterocycles. The number of morpholine rings is 1. The van der Waals surface area contributed by atoms with E-state index >= 15 is 0 Å². The Hall–Kier alpha value is -2.61. The summed E-state index contributed by atoms with van der Waals surface area (Å²) in [6, 6.07) is 5.81. The maximum Gasteiger partial charge on any atom is 0.254 e. The molecule has 0 bridgehead atoms. The molecule has 1 fully saturated rings. The van der Waals surface area contributed by atoms with E-state index in [1.807, 2.05) is 34.8 Å². The van der Waals surface area contributed by atoms with Crippen LogP contribution in [-0.2, 0) is 17.7 Å². The van der Waals surface area contributed by atoms with Gasteiger partial charge < -0.3 is 19.3 Å². The van der Waals surface area contributed by atoms with Crippen molar-refractivity contribution in [1.82, 2.24) is 19.7 Å². The van der Waals surface area contributed by atoms with Crippen LogP contribution < -0.4 is 9.64 Å². The molecule has 1 aromatic carbocycles. The maximum absolute atomic E-state index is 12.8. The van der Waals surface area contributed by atoms with Crippen molar-refractivity contribution in [3.63, 3.8) is 0 Å². The van der Waals surface area contributed by atoms with Crippen molar-refractivity contribution in [3.05, 3.63) is 35.9 Å². The van der Waals surface area contributed by atoms with E-state index in [1.54, 1.807) is 6.33 Å². The van der Waals surface area contributed by atoms with Crippen LogP contribution in [0.15, 0.2) is 24.5 Å². The van der Waals surface area contributed by atoms with Crippen molar-refractivity contribution >= 4 is 11.6 Å². The Morgan fingerprint density at radius 2 is 2.11 bits per heavy atom. The number of amides is 1. The molecule has 0 N–H and O–H groups in total. The number of carbonyl (C=O) groups is 1. The lowest BCUT2D eigenvalue weighted by molar-refractivity contribution is 0.0303. The summed E-state index contributed by atoms with van der Waals surface area (Å²) >= 11 is 0. The average Bonchev–Trinajstić information content (AvgIpc) is 3.17. The second kappa shape index (κ2) is 7.56. The summed E-state index contributed by atoms with van der Waals surface area (Å²) in [6.45, 7) is 5.89.